The van der Waals surface area contributed by atoms with Gasteiger partial charge in [0, 0.05) is 12.1 Å². The highest BCUT2D eigenvalue weighted by atomic mass is 16.4. The molecule has 6 nitrogen and oxygen atoms in total. The fraction of sp³-hybridized carbons (Fsp3) is 0.600. The van der Waals surface area contributed by atoms with Gasteiger partial charge in [0.25, 0.3) is 0 Å². The van der Waals surface area contributed by atoms with Gasteiger partial charge in [0.1, 0.15) is 5.41 Å². The fourth-order valence-electron chi connectivity index (χ4n) is 3.38. The maximum atomic E-state index is 12.2. The van der Waals surface area contributed by atoms with E-state index in [9.17, 15) is 19.8 Å². The Hall–Kier alpha value is -1.92. The number of β-amino-alcohol motifs (C(OH)–C–C–N with tert-alkyl or cyclic N) is 1. The molecule has 0 saturated carbocycles. The molecule has 0 unspecified atom stereocenters. The van der Waals surface area contributed by atoms with Gasteiger partial charge in [0.05, 0.1) is 12.6 Å². The molecule has 1 aromatic carbocycles. The summed E-state index contributed by atoms with van der Waals surface area (Å²) in [6, 6.07) is 9.37. The molecule has 3 N–H and O–H groups in total. The van der Waals surface area contributed by atoms with E-state index in [4.69, 9.17) is 0 Å². The molecule has 1 heterocycles. The van der Waals surface area contributed by atoms with Gasteiger partial charge in [-0.1, -0.05) is 37.3 Å². The Labute approximate surface area is 155 Å². The van der Waals surface area contributed by atoms with Crippen molar-refractivity contribution in [3.05, 3.63) is 35.9 Å². The van der Waals surface area contributed by atoms with Gasteiger partial charge in [-0.15, -0.1) is 0 Å². The minimum absolute atomic E-state index is 0.102. The second kappa shape index (κ2) is 8.18. The number of aliphatic hydroxyl groups is 1. The van der Waals surface area contributed by atoms with E-state index < -0.39 is 17.5 Å². The molecule has 6 heteroatoms. The molecule has 1 aromatic rings. The average Bonchev–Trinajstić information content (AvgIpc) is 2.57. The summed E-state index contributed by atoms with van der Waals surface area (Å²) < 4.78 is 0. The normalized spacial score (nSPS) is 24.2. The molecule has 144 valence electrons. The minimum Gasteiger partial charge on any atom is -0.481 e. The highest BCUT2D eigenvalue weighted by Crippen LogP contribution is 2.36. The van der Waals surface area contributed by atoms with Crippen LogP contribution in [0.4, 0.5) is 0 Å². The van der Waals surface area contributed by atoms with Crippen LogP contribution in [0.5, 0.6) is 0 Å². The Balaban J connectivity index is 2.03. The molecule has 0 bridgehead atoms. The molecule has 0 aliphatic carbocycles. The van der Waals surface area contributed by atoms with Crippen LogP contribution in [-0.4, -0.2) is 58.3 Å². The van der Waals surface area contributed by atoms with Crippen molar-refractivity contribution in [2.24, 2.45) is 5.41 Å². The highest BCUT2D eigenvalue weighted by Gasteiger charge is 2.48. The van der Waals surface area contributed by atoms with Crippen LogP contribution in [0.3, 0.4) is 0 Å². The topological polar surface area (TPSA) is 89.9 Å². The van der Waals surface area contributed by atoms with Gasteiger partial charge in [-0.05, 0) is 45.2 Å². The van der Waals surface area contributed by atoms with Crippen molar-refractivity contribution in [3.63, 3.8) is 0 Å². The fourth-order valence-corrected chi connectivity index (χ4v) is 3.38. The number of hydrogen-bond acceptors (Lipinski definition) is 4. The van der Waals surface area contributed by atoms with E-state index in [0.717, 1.165) is 12.0 Å². The molecule has 0 aromatic heterocycles. The minimum atomic E-state index is -1.21. The van der Waals surface area contributed by atoms with E-state index in [1.54, 1.807) is 0 Å². The first-order valence-electron chi connectivity index (χ1n) is 9.17. The SMILES string of the molecule is CCC(C)(C)NC(=O)CN1CC[C@](Cc2ccccc2)(C(=O)O)[C@@H](O)C1. The predicted octanol–water partition coefficient (Wildman–Crippen LogP) is 1.67. The van der Waals surface area contributed by atoms with Gasteiger partial charge in [-0.3, -0.25) is 14.5 Å². The lowest BCUT2D eigenvalue weighted by Gasteiger charge is -2.43. The van der Waals surface area contributed by atoms with Crippen molar-refractivity contribution in [1.29, 1.82) is 0 Å². The number of nitrogens with zero attached hydrogens (tertiary/aromatic N) is 1. The Morgan fingerprint density at radius 2 is 1.96 bits per heavy atom. The smallest absolute Gasteiger partial charge is 0.312 e. The summed E-state index contributed by atoms with van der Waals surface area (Å²) in [6.07, 6.45) is 0.386. The van der Waals surface area contributed by atoms with Gasteiger partial charge < -0.3 is 15.5 Å². The number of likely N-dealkylation sites (tertiary alicyclic amines) is 1. The van der Waals surface area contributed by atoms with Gasteiger partial charge in [-0.25, -0.2) is 0 Å². The van der Waals surface area contributed by atoms with Crippen molar-refractivity contribution < 1.29 is 19.8 Å². The van der Waals surface area contributed by atoms with Crippen LogP contribution in [0.1, 0.15) is 39.2 Å². The second-order valence-electron chi connectivity index (χ2n) is 7.91. The Bertz CT molecular complexity index is 632. The maximum absolute atomic E-state index is 12.2. The Kier molecular flexibility index (Phi) is 6.42. The summed E-state index contributed by atoms with van der Waals surface area (Å²) in [4.78, 5) is 26.0. The molecular formula is C20H30N2O4. The van der Waals surface area contributed by atoms with Crippen molar-refractivity contribution in [3.8, 4) is 0 Å². The molecule has 26 heavy (non-hydrogen) atoms. The first kappa shape index (κ1) is 20.4. The van der Waals surface area contributed by atoms with Crippen LogP contribution < -0.4 is 5.32 Å². The number of aliphatic carboxylic acids is 1. The van der Waals surface area contributed by atoms with Crippen molar-refractivity contribution in [2.45, 2.75) is 51.7 Å². The van der Waals surface area contributed by atoms with Crippen molar-refractivity contribution in [1.82, 2.24) is 10.2 Å². The van der Waals surface area contributed by atoms with Crippen molar-refractivity contribution >= 4 is 11.9 Å². The standard InChI is InChI=1S/C20H30N2O4/c1-4-19(2,3)21-17(24)14-22-11-10-20(18(25)26,16(23)13-22)12-15-8-6-5-7-9-15/h5-9,16,23H,4,10-14H2,1-3H3,(H,21,24)(H,25,26)/t16-,20+/m0/s1. The molecule has 2 atom stereocenters. The molecule has 1 amide bonds. The van der Waals surface area contributed by atoms with Gasteiger partial charge >= 0.3 is 5.97 Å². The van der Waals surface area contributed by atoms with Crippen molar-refractivity contribution in [2.75, 3.05) is 19.6 Å². The van der Waals surface area contributed by atoms with E-state index in [-0.39, 0.29) is 31.0 Å². The first-order chi connectivity index (χ1) is 12.2. The number of piperidine rings is 1. The lowest BCUT2D eigenvalue weighted by atomic mass is 9.71. The van der Waals surface area contributed by atoms with Crippen LogP contribution in [0.25, 0.3) is 0 Å². The maximum Gasteiger partial charge on any atom is 0.312 e. The molecule has 1 saturated heterocycles. The Morgan fingerprint density at radius 1 is 1.31 bits per heavy atom. The summed E-state index contributed by atoms with van der Waals surface area (Å²) in [5.41, 5.74) is -0.592. The number of amides is 1. The number of benzene rings is 1. The van der Waals surface area contributed by atoms with Gasteiger partial charge in [0.15, 0.2) is 0 Å². The number of hydrogen-bond donors (Lipinski definition) is 3. The van der Waals surface area contributed by atoms with E-state index in [0.29, 0.717) is 13.0 Å². The lowest BCUT2D eigenvalue weighted by Crippen LogP contribution is -2.57. The summed E-state index contributed by atoms with van der Waals surface area (Å²) >= 11 is 0. The monoisotopic (exact) mass is 362 g/mol. The number of aliphatic hydroxyl groups excluding tert-OH is 1. The van der Waals surface area contributed by atoms with Crippen LogP contribution in [0.2, 0.25) is 0 Å². The number of carbonyl (C=O) groups is 2. The summed E-state index contributed by atoms with van der Waals surface area (Å²) in [5.74, 6) is -1.08. The zero-order chi connectivity index (χ0) is 19.4. The predicted molar refractivity (Wildman–Crippen MR) is 99.8 cm³/mol. The molecule has 1 aliphatic rings. The third-order valence-electron chi connectivity index (χ3n) is 5.46. The molecule has 1 aliphatic heterocycles. The third-order valence-corrected chi connectivity index (χ3v) is 5.46. The Morgan fingerprint density at radius 3 is 2.50 bits per heavy atom. The lowest BCUT2D eigenvalue weighted by molar-refractivity contribution is -0.163. The summed E-state index contributed by atoms with van der Waals surface area (Å²) in [6.45, 7) is 6.75. The third kappa shape index (κ3) is 4.83. The largest absolute Gasteiger partial charge is 0.481 e. The van der Waals surface area contributed by atoms with E-state index in [1.165, 1.54) is 0 Å². The number of carboxylic acid groups (broad SMARTS) is 1. The number of rotatable bonds is 7. The van der Waals surface area contributed by atoms with Crippen LogP contribution in [0.15, 0.2) is 30.3 Å². The second-order valence-corrected chi connectivity index (χ2v) is 7.91. The first-order valence-corrected chi connectivity index (χ1v) is 9.17. The molecule has 1 fully saturated rings. The molecular weight excluding hydrogens is 332 g/mol. The van der Waals surface area contributed by atoms with E-state index in [2.05, 4.69) is 5.32 Å². The average molecular weight is 362 g/mol. The number of carbonyl (C=O) groups excluding carboxylic acids is 1. The van der Waals surface area contributed by atoms with Gasteiger partial charge in [-0.2, -0.15) is 0 Å². The van der Waals surface area contributed by atoms with Crippen LogP contribution >= 0.6 is 0 Å². The molecule has 2 rings (SSSR count). The highest BCUT2D eigenvalue weighted by molar-refractivity contribution is 5.79. The molecule has 0 spiro atoms. The summed E-state index contributed by atoms with van der Waals surface area (Å²) in [7, 11) is 0. The quantitative estimate of drug-likeness (QED) is 0.686. The number of carboxylic acids is 1. The van der Waals surface area contributed by atoms with Crippen LogP contribution in [0, 0.1) is 5.41 Å². The zero-order valence-electron chi connectivity index (χ0n) is 15.9. The summed E-state index contributed by atoms with van der Waals surface area (Å²) in [5, 5.41) is 23.4. The zero-order valence-corrected chi connectivity index (χ0v) is 15.9. The van der Waals surface area contributed by atoms with E-state index >= 15 is 0 Å². The molecule has 0 radical (unpaired) electrons. The number of nitrogens with one attached hydrogen (secondary N) is 1. The van der Waals surface area contributed by atoms with Crippen LogP contribution in [-0.2, 0) is 16.0 Å². The van der Waals surface area contributed by atoms with Gasteiger partial charge in [0.2, 0.25) is 5.91 Å². The van der Waals surface area contributed by atoms with E-state index in [1.807, 2.05) is 56.0 Å².